The molecule has 0 heterocycles. The highest BCUT2D eigenvalue weighted by Gasteiger charge is 2.28. The first-order valence-corrected chi connectivity index (χ1v) is 8.68. The summed E-state index contributed by atoms with van der Waals surface area (Å²) in [5, 5.41) is 9.34. The number of hydrogen-bond acceptors (Lipinski definition) is 5. The topological polar surface area (TPSA) is 88.5 Å². The van der Waals surface area contributed by atoms with Crippen molar-refractivity contribution in [2.45, 2.75) is 29.4 Å². The lowest BCUT2D eigenvalue weighted by Crippen LogP contribution is -2.33. The van der Waals surface area contributed by atoms with Crippen LogP contribution in [0.5, 0.6) is 0 Å². The molecule has 2 atom stereocenters. The number of aliphatic hydroxyl groups excluding tert-OH is 1. The normalized spacial score (nSPS) is 19.1. The molecule has 0 aliphatic rings. The van der Waals surface area contributed by atoms with Crippen LogP contribution in [0.3, 0.4) is 0 Å². The predicted octanol–water partition coefficient (Wildman–Crippen LogP) is 0.347. The second kappa shape index (κ2) is 5.86. The van der Waals surface area contributed by atoms with Crippen LogP contribution in [0.2, 0.25) is 0 Å². The molecule has 0 bridgehead atoms. The first kappa shape index (κ1) is 16.4. The molecule has 0 spiro atoms. The molecule has 0 aliphatic carbocycles. The van der Waals surface area contributed by atoms with Gasteiger partial charge in [-0.2, -0.15) is 0 Å². The minimum atomic E-state index is -3.69. The minimum absolute atomic E-state index is 0.694. The number of alkyl halides is 2. The smallest absolute Gasteiger partial charge is 0.169 e. The first-order chi connectivity index (χ1) is 6.99. The van der Waals surface area contributed by atoms with Crippen molar-refractivity contribution in [1.29, 1.82) is 0 Å². The van der Waals surface area contributed by atoms with Crippen molar-refractivity contribution in [1.82, 2.24) is 0 Å². The molecule has 0 saturated heterocycles. The predicted molar refractivity (Wildman–Crippen MR) is 64.2 cm³/mol. The SMILES string of the molecule is CC(Cl)S(=O)(=O)CC(O)CS(=O)(=O)C(C)Cl. The van der Waals surface area contributed by atoms with Crippen LogP contribution in [0.15, 0.2) is 0 Å². The van der Waals surface area contributed by atoms with Crippen LogP contribution in [0, 0.1) is 0 Å². The molecule has 2 unspecified atom stereocenters. The molecule has 0 aromatic rings. The molecule has 0 aromatic carbocycles. The zero-order valence-corrected chi connectivity index (χ0v) is 11.9. The van der Waals surface area contributed by atoms with E-state index in [0.717, 1.165) is 0 Å². The molecular formula is C7H14Cl2O5S2. The fraction of sp³-hybridized carbons (Fsp3) is 1.00. The average molecular weight is 313 g/mol. The molecule has 0 aromatic heterocycles. The van der Waals surface area contributed by atoms with Crippen molar-refractivity contribution in [2.75, 3.05) is 11.5 Å². The average Bonchev–Trinajstić information content (AvgIpc) is 2.00. The lowest BCUT2D eigenvalue weighted by Gasteiger charge is -2.13. The van der Waals surface area contributed by atoms with Gasteiger partial charge < -0.3 is 5.11 Å². The van der Waals surface area contributed by atoms with Crippen LogP contribution in [0.1, 0.15) is 13.8 Å². The highest BCUT2D eigenvalue weighted by atomic mass is 35.5. The third-order valence-corrected chi connectivity index (χ3v) is 7.15. The number of rotatable bonds is 6. The lowest BCUT2D eigenvalue weighted by molar-refractivity contribution is 0.220. The molecule has 0 rings (SSSR count). The highest BCUT2D eigenvalue weighted by Crippen LogP contribution is 2.12. The summed E-state index contributed by atoms with van der Waals surface area (Å²) in [6, 6.07) is 0. The van der Waals surface area contributed by atoms with Gasteiger partial charge in [0.15, 0.2) is 19.7 Å². The maximum atomic E-state index is 11.3. The van der Waals surface area contributed by atoms with Gasteiger partial charge in [0.2, 0.25) is 0 Å². The summed E-state index contributed by atoms with van der Waals surface area (Å²) in [5.41, 5.74) is 0. The third-order valence-electron chi connectivity index (χ3n) is 1.84. The zero-order chi connectivity index (χ0) is 13.1. The summed E-state index contributed by atoms with van der Waals surface area (Å²) < 4.78 is 42.8. The van der Waals surface area contributed by atoms with Crippen molar-refractivity contribution in [3.63, 3.8) is 0 Å². The molecule has 0 amide bonds. The van der Waals surface area contributed by atoms with Crippen molar-refractivity contribution in [3.05, 3.63) is 0 Å². The van der Waals surface area contributed by atoms with E-state index in [2.05, 4.69) is 0 Å². The Morgan fingerprint density at radius 1 is 0.938 bits per heavy atom. The van der Waals surface area contributed by atoms with E-state index in [1.54, 1.807) is 0 Å². The number of aliphatic hydroxyl groups is 1. The Morgan fingerprint density at radius 3 is 1.38 bits per heavy atom. The van der Waals surface area contributed by atoms with Crippen LogP contribution in [0.4, 0.5) is 0 Å². The van der Waals surface area contributed by atoms with Crippen LogP contribution in [-0.2, 0) is 19.7 Å². The van der Waals surface area contributed by atoms with Gasteiger partial charge >= 0.3 is 0 Å². The molecule has 1 N–H and O–H groups in total. The molecule has 5 nitrogen and oxygen atoms in total. The largest absolute Gasteiger partial charge is 0.391 e. The summed E-state index contributed by atoms with van der Waals surface area (Å²) >= 11 is 10.7. The van der Waals surface area contributed by atoms with Gasteiger partial charge in [-0.15, -0.1) is 23.2 Å². The van der Waals surface area contributed by atoms with Gasteiger partial charge in [-0.05, 0) is 13.8 Å². The summed E-state index contributed by atoms with van der Waals surface area (Å²) in [4.78, 5) is 0. The second-order valence-electron chi connectivity index (χ2n) is 3.40. The Labute approximate surface area is 106 Å². The number of sulfone groups is 2. The van der Waals surface area contributed by atoms with Crippen molar-refractivity contribution < 1.29 is 21.9 Å². The van der Waals surface area contributed by atoms with Crippen molar-refractivity contribution >= 4 is 42.9 Å². The Bertz CT molecular complexity index is 372. The van der Waals surface area contributed by atoms with Crippen LogP contribution in [-0.4, -0.2) is 49.0 Å². The van der Waals surface area contributed by atoms with Gasteiger partial charge in [0, 0.05) is 0 Å². The van der Waals surface area contributed by atoms with Crippen LogP contribution >= 0.6 is 23.2 Å². The van der Waals surface area contributed by atoms with Crippen LogP contribution in [0.25, 0.3) is 0 Å². The van der Waals surface area contributed by atoms with E-state index < -0.39 is 46.7 Å². The highest BCUT2D eigenvalue weighted by molar-refractivity contribution is 7.94. The fourth-order valence-corrected chi connectivity index (χ4v) is 3.27. The lowest BCUT2D eigenvalue weighted by atomic mass is 10.5. The molecule has 98 valence electrons. The summed E-state index contributed by atoms with van der Waals surface area (Å²) in [7, 11) is -7.38. The molecule has 0 saturated carbocycles. The molecule has 16 heavy (non-hydrogen) atoms. The number of hydrogen-bond donors (Lipinski definition) is 1. The van der Waals surface area contributed by atoms with Gasteiger partial charge in [-0.1, -0.05) is 0 Å². The fourth-order valence-electron chi connectivity index (χ4n) is 0.850. The molecule has 9 heteroatoms. The van der Waals surface area contributed by atoms with E-state index in [4.69, 9.17) is 23.2 Å². The van der Waals surface area contributed by atoms with Gasteiger partial charge in [-0.3, -0.25) is 0 Å². The Kier molecular flexibility index (Phi) is 6.02. The van der Waals surface area contributed by atoms with E-state index >= 15 is 0 Å². The molecule has 0 aliphatic heterocycles. The first-order valence-electron chi connectivity index (χ1n) is 4.38. The van der Waals surface area contributed by atoms with Crippen molar-refractivity contribution in [3.8, 4) is 0 Å². The summed E-state index contributed by atoms with van der Waals surface area (Å²) in [6.07, 6.45) is -1.52. The maximum Gasteiger partial charge on any atom is 0.169 e. The van der Waals surface area contributed by atoms with Gasteiger partial charge in [0.05, 0.1) is 17.6 Å². The van der Waals surface area contributed by atoms with E-state index in [0.29, 0.717) is 0 Å². The van der Waals surface area contributed by atoms with E-state index in [9.17, 15) is 21.9 Å². The van der Waals surface area contributed by atoms with Gasteiger partial charge in [-0.25, -0.2) is 16.8 Å². The second-order valence-corrected chi connectivity index (χ2v) is 9.96. The van der Waals surface area contributed by atoms with Crippen molar-refractivity contribution in [2.24, 2.45) is 0 Å². The van der Waals surface area contributed by atoms with E-state index in [1.165, 1.54) is 13.8 Å². The monoisotopic (exact) mass is 312 g/mol. The standard InChI is InChI=1S/C7H14Cl2O5S2/c1-5(8)15(11,12)3-7(10)4-16(13,14)6(2)9/h5-7,10H,3-4H2,1-2H3. The Morgan fingerprint density at radius 2 is 1.19 bits per heavy atom. The molecular weight excluding hydrogens is 299 g/mol. The summed E-state index contributed by atoms with van der Waals surface area (Å²) in [6.45, 7) is 2.48. The zero-order valence-electron chi connectivity index (χ0n) is 8.80. The Balaban J connectivity index is 4.60. The maximum absolute atomic E-state index is 11.3. The van der Waals surface area contributed by atoms with Crippen LogP contribution < -0.4 is 0 Å². The van der Waals surface area contributed by atoms with E-state index in [1.807, 2.05) is 0 Å². The number of halogens is 2. The molecule has 0 radical (unpaired) electrons. The third kappa shape index (κ3) is 5.18. The Hall–Kier alpha value is 0.440. The molecule has 0 fully saturated rings. The van der Waals surface area contributed by atoms with E-state index in [-0.39, 0.29) is 0 Å². The quantitative estimate of drug-likeness (QED) is 0.715. The summed E-state index contributed by atoms with van der Waals surface area (Å²) in [5.74, 6) is -1.39. The van der Waals surface area contributed by atoms with Gasteiger partial charge in [0.25, 0.3) is 0 Å². The minimum Gasteiger partial charge on any atom is -0.391 e. The van der Waals surface area contributed by atoms with Gasteiger partial charge in [0.1, 0.15) is 9.42 Å².